The van der Waals surface area contributed by atoms with Crippen LogP contribution in [0.4, 0.5) is 11.6 Å². The van der Waals surface area contributed by atoms with Crippen LogP contribution < -0.4 is 15.6 Å². The van der Waals surface area contributed by atoms with Crippen LogP contribution in [0.25, 0.3) is 0 Å². The van der Waals surface area contributed by atoms with Crippen LogP contribution in [-0.4, -0.2) is 25.6 Å². The van der Waals surface area contributed by atoms with E-state index in [1.54, 1.807) is 47.2 Å². The summed E-state index contributed by atoms with van der Waals surface area (Å²) in [5.41, 5.74) is 2.14. The van der Waals surface area contributed by atoms with E-state index in [4.69, 9.17) is 21.4 Å². The van der Waals surface area contributed by atoms with E-state index in [0.29, 0.717) is 40.9 Å². The summed E-state index contributed by atoms with van der Waals surface area (Å²) >= 11 is 6.92. The van der Waals surface area contributed by atoms with E-state index in [-0.39, 0.29) is 15.6 Å². The summed E-state index contributed by atoms with van der Waals surface area (Å²) in [6, 6.07) is 14.3. The summed E-state index contributed by atoms with van der Waals surface area (Å²) in [5.74, 6) is -0.139. The first-order chi connectivity index (χ1) is 15.9. The SMILES string of the molecule is CCc1cnc(Nc2ccc(Oc3ncc(C(=O)O)s3)cc2)n(Cc2ccc(Cl)cc2)c1=O. The Hall–Kier alpha value is -3.69. The largest absolute Gasteiger partial charge is 0.477 e. The molecule has 0 bridgehead atoms. The van der Waals surface area contributed by atoms with Gasteiger partial charge in [-0.1, -0.05) is 42.0 Å². The number of nitrogens with zero attached hydrogens (tertiary/aromatic N) is 3. The average molecular weight is 483 g/mol. The Morgan fingerprint density at radius 1 is 1.12 bits per heavy atom. The van der Waals surface area contributed by atoms with Gasteiger partial charge in [-0.15, -0.1) is 0 Å². The number of hydrogen-bond donors (Lipinski definition) is 2. The second-order valence-electron chi connectivity index (χ2n) is 7.03. The highest BCUT2D eigenvalue weighted by atomic mass is 35.5. The molecule has 0 fully saturated rings. The van der Waals surface area contributed by atoms with Gasteiger partial charge in [-0.2, -0.15) is 0 Å². The van der Waals surface area contributed by atoms with Crippen molar-refractivity contribution in [3.8, 4) is 10.9 Å². The van der Waals surface area contributed by atoms with Crippen molar-refractivity contribution in [3.63, 3.8) is 0 Å². The molecule has 2 N–H and O–H groups in total. The van der Waals surface area contributed by atoms with Gasteiger partial charge in [0.15, 0.2) is 0 Å². The van der Waals surface area contributed by atoms with Crippen LogP contribution >= 0.6 is 22.9 Å². The molecule has 0 aliphatic heterocycles. The minimum Gasteiger partial charge on any atom is -0.477 e. The molecule has 2 heterocycles. The zero-order chi connectivity index (χ0) is 23.4. The van der Waals surface area contributed by atoms with Gasteiger partial charge in [-0.25, -0.2) is 14.8 Å². The van der Waals surface area contributed by atoms with E-state index >= 15 is 0 Å². The lowest BCUT2D eigenvalue weighted by atomic mass is 10.2. The molecule has 33 heavy (non-hydrogen) atoms. The number of hydrogen-bond acceptors (Lipinski definition) is 7. The zero-order valence-electron chi connectivity index (χ0n) is 17.5. The first kappa shape index (κ1) is 22.5. The number of benzene rings is 2. The fourth-order valence-corrected chi connectivity index (χ4v) is 3.79. The normalized spacial score (nSPS) is 10.7. The molecule has 0 saturated heterocycles. The number of anilines is 2. The highest BCUT2D eigenvalue weighted by molar-refractivity contribution is 7.15. The maximum absolute atomic E-state index is 13.0. The van der Waals surface area contributed by atoms with Crippen LogP contribution in [-0.2, 0) is 13.0 Å². The maximum Gasteiger partial charge on any atom is 0.347 e. The van der Waals surface area contributed by atoms with Crippen molar-refractivity contribution in [2.45, 2.75) is 19.9 Å². The highest BCUT2D eigenvalue weighted by Crippen LogP contribution is 2.28. The molecule has 2 aromatic heterocycles. The second-order valence-corrected chi connectivity index (χ2v) is 8.45. The number of ether oxygens (including phenoxy) is 1. The molecular formula is C23H19ClN4O4S. The molecule has 2 aromatic carbocycles. The monoisotopic (exact) mass is 482 g/mol. The lowest BCUT2D eigenvalue weighted by Gasteiger charge is -2.15. The Kier molecular flexibility index (Phi) is 6.71. The minimum atomic E-state index is -1.05. The van der Waals surface area contributed by atoms with Crippen molar-refractivity contribution in [1.82, 2.24) is 14.5 Å². The quantitative estimate of drug-likeness (QED) is 0.355. The average Bonchev–Trinajstić information content (AvgIpc) is 3.28. The van der Waals surface area contributed by atoms with Crippen LogP contribution in [0.5, 0.6) is 10.9 Å². The van der Waals surface area contributed by atoms with Gasteiger partial charge in [0, 0.05) is 22.5 Å². The maximum atomic E-state index is 13.0. The van der Waals surface area contributed by atoms with Crippen LogP contribution in [0.2, 0.25) is 5.02 Å². The summed E-state index contributed by atoms with van der Waals surface area (Å²) in [6.07, 6.45) is 3.42. The number of thiazole rings is 1. The molecule has 0 aliphatic rings. The number of nitrogens with one attached hydrogen (secondary N) is 1. The lowest BCUT2D eigenvalue weighted by molar-refractivity contribution is 0.0702. The molecule has 4 rings (SSSR count). The molecule has 10 heteroatoms. The van der Waals surface area contributed by atoms with Gasteiger partial charge < -0.3 is 15.2 Å². The Morgan fingerprint density at radius 3 is 2.48 bits per heavy atom. The predicted octanol–water partition coefficient (Wildman–Crippen LogP) is 5.20. The third kappa shape index (κ3) is 5.39. The molecule has 168 valence electrons. The second kappa shape index (κ2) is 9.85. The van der Waals surface area contributed by atoms with Crippen LogP contribution in [0, 0.1) is 0 Å². The van der Waals surface area contributed by atoms with Crippen molar-refractivity contribution in [3.05, 3.63) is 92.3 Å². The van der Waals surface area contributed by atoms with Crippen molar-refractivity contribution in [1.29, 1.82) is 0 Å². The molecular weight excluding hydrogens is 464 g/mol. The summed E-state index contributed by atoms with van der Waals surface area (Å²) in [4.78, 5) is 32.5. The number of carboxylic acid groups (broad SMARTS) is 1. The van der Waals surface area contributed by atoms with E-state index in [9.17, 15) is 9.59 Å². The van der Waals surface area contributed by atoms with Crippen molar-refractivity contribution < 1.29 is 14.6 Å². The van der Waals surface area contributed by atoms with Crippen molar-refractivity contribution in [2.24, 2.45) is 0 Å². The van der Waals surface area contributed by atoms with E-state index in [1.807, 2.05) is 19.1 Å². The molecule has 8 nitrogen and oxygen atoms in total. The number of rotatable bonds is 8. The van der Waals surface area contributed by atoms with Gasteiger partial charge >= 0.3 is 5.97 Å². The number of carbonyl (C=O) groups is 1. The first-order valence-electron chi connectivity index (χ1n) is 10.00. The van der Waals surface area contributed by atoms with Crippen LogP contribution in [0.3, 0.4) is 0 Å². The van der Waals surface area contributed by atoms with Gasteiger partial charge in [-0.05, 0) is 48.4 Å². The van der Waals surface area contributed by atoms with Gasteiger partial charge in [0.25, 0.3) is 10.8 Å². The fourth-order valence-electron chi connectivity index (χ4n) is 3.04. The number of carboxylic acids is 1. The predicted molar refractivity (Wildman–Crippen MR) is 127 cm³/mol. The van der Waals surface area contributed by atoms with Crippen LogP contribution in [0.1, 0.15) is 27.7 Å². The molecule has 0 saturated carbocycles. The molecule has 4 aromatic rings. The Balaban J connectivity index is 1.55. The summed E-state index contributed by atoms with van der Waals surface area (Å²) in [5, 5.41) is 13.0. The van der Waals surface area contributed by atoms with Crippen molar-refractivity contribution >= 4 is 40.5 Å². The lowest BCUT2D eigenvalue weighted by Crippen LogP contribution is -2.27. The summed E-state index contributed by atoms with van der Waals surface area (Å²) in [7, 11) is 0. The standard InChI is InChI=1S/C23H19ClN4O4S/c1-2-15-11-25-22(28(20(15)29)13-14-3-5-16(24)6-4-14)27-17-7-9-18(10-8-17)32-23-26-12-19(33-23)21(30)31/h3-12H,2,13H2,1H3,(H,25,27)(H,30,31). The van der Waals surface area contributed by atoms with Crippen molar-refractivity contribution in [2.75, 3.05) is 5.32 Å². The Morgan fingerprint density at radius 2 is 1.85 bits per heavy atom. The van der Waals surface area contributed by atoms with E-state index in [2.05, 4.69) is 15.3 Å². The van der Waals surface area contributed by atoms with Crippen LogP contribution in [0.15, 0.2) is 65.7 Å². The molecule has 0 atom stereocenters. The zero-order valence-corrected chi connectivity index (χ0v) is 19.1. The minimum absolute atomic E-state index is 0.101. The molecule has 0 unspecified atom stereocenters. The van der Waals surface area contributed by atoms with E-state index < -0.39 is 5.97 Å². The van der Waals surface area contributed by atoms with Gasteiger partial charge in [0.1, 0.15) is 10.6 Å². The Bertz CT molecular complexity index is 1330. The van der Waals surface area contributed by atoms with Gasteiger partial charge in [-0.3, -0.25) is 9.36 Å². The number of halogens is 1. The third-order valence-corrected chi connectivity index (χ3v) is 5.88. The Labute approximate surface area is 198 Å². The van der Waals surface area contributed by atoms with E-state index in [0.717, 1.165) is 16.9 Å². The number of aryl methyl sites for hydroxylation is 1. The van der Waals surface area contributed by atoms with Gasteiger partial charge in [0.2, 0.25) is 5.95 Å². The van der Waals surface area contributed by atoms with Gasteiger partial charge in [0.05, 0.1) is 12.7 Å². The smallest absolute Gasteiger partial charge is 0.347 e. The topological polar surface area (TPSA) is 106 Å². The molecule has 0 amide bonds. The number of aromatic nitrogens is 3. The summed E-state index contributed by atoms with van der Waals surface area (Å²) < 4.78 is 7.20. The highest BCUT2D eigenvalue weighted by Gasteiger charge is 2.12. The molecule has 0 spiro atoms. The number of aromatic carboxylic acids is 1. The first-order valence-corrected chi connectivity index (χ1v) is 11.2. The van der Waals surface area contributed by atoms with E-state index in [1.165, 1.54) is 6.20 Å². The fraction of sp³-hybridized carbons (Fsp3) is 0.130. The summed E-state index contributed by atoms with van der Waals surface area (Å²) in [6.45, 7) is 2.26. The molecule has 0 aliphatic carbocycles. The molecule has 0 radical (unpaired) electrons. The third-order valence-electron chi connectivity index (χ3n) is 4.76.